The Kier molecular flexibility index (Phi) is 4.47. The van der Waals surface area contributed by atoms with Gasteiger partial charge in [-0.05, 0) is 6.92 Å². The third-order valence-corrected chi connectivity index (χ3v) is 3.40. The van der Waals surface area contributed by atoms with Gasteiger partial charge < -0.3 is 9.84 Å². The Morgan fingerprint density at radius 1 is 1.53 bits per heavy atom. The maximum absolute atomic E-state index is 11.0. The van der Waals surface area contributed by atoms with Crippen LogP contribution in [-0.4, -0.2) is 46.8 Å². The van der Waals surface area contributed by atoms with Gasteiger partial charge in [-0.2, -0.15) is 0 Å². The van der Waals surface area contributed by atoms with E-state index in [1.807, 2.05) is 6.92 Å². The van der Waals surface area contributed by atoms with Crippen molar-refractivity contribution in [3.8, 4) is 0 Å². The van der Waals surface area contributed by atoms with E-state index >= 15 is 0 Å². The van der Waals surface area contributed by atoms with Gasteiger partial charge >= 0.3 is 0 Å². The number of benzene rings is 1. The second-order valence-corrected chi connectivity index (χ2v) is 4.80. The topological polar surface area (TPSA) is 75.8 Å². The molecule has 0 aromatic heterocycles. The standard InChI is InChI=1S/C13H18N2O4/c1-10-9-19-12(8-16)7-14(10)6-11-4-2-3-5-13(11)15(17)18/h2-5,10,12,16H,6-9H2,1H3. The summed E-state index contributed by atoms with van der Waals surface area (Å²) in [6.07, 6.45) is -0.209. The molecular formula is C13H18N2O4. The highest BCUT2D eigenvalue weighted by Gasteiger charge is 2.27. The first kappa shape index (κ1) is 13.9. The molecule has 19 heavy (non-hydrogen) atoms. The van der Waals surface area contributed by atoms with E-state index in [1.54, 1.807) is 18.2 Å². The van der Waals surface area contributed by atoms with Crippen molar-refractivity contribution in [2.75, 3.05) is 19.8 Å². The molecule has 0 saturated carbocycles. The normalized spacial score (nSPS) is 24.3. The van der Waals surface area contributed by atoms with E-state index in [0.29, 0.717) is 25.3 Å². The summed E-state index contributed by atoms with van der Waals surface area (Å²) >= 11 is 0. The van der Waals surface area contributed by atoms with E-state index < -0.39 is 0 Å². The lowest BCUT2D eigenvalue weighted by molar-refractivity contribution is -0.385. The molecule has 2 atom stereocenters. The van der Waals surface area contributed by atoms with Gasteiger partial charge in [0, 0.05) is 30.8 Å². The van der Waals surface area contributed by atoms with E-state index in [2.05, 4.69) is 4.90 Å². The fourth-order valence-electron chi connectivity index (χ4n) is 2.25. The van der Waals surface area contributed by atoms with Crippen molar-refractivity contribution in [3.05, 3.63) is 39.9 Å². The van der Waals surface area contributed by atoms with Crippen molar-refractivity contribution in [1.29, 1.82) is 0 Å². The lowest BCUT2D eigenvalue weighted by Gasteiger charge is -2.37. The quantitative estimate of drug-likeness (QED) is 0.654. The Balaban J connectivity index is 2.13. The third-order valence-electron chi connectivity index (χ3n) is 3.40. The van der Waals surface area contributed by atoms with Crippen LogP contribution in [0, 0.1) is 10.1 Å². The zero-order chi connectivity index (χ0) is 13.8. The molecular weight excluding hydrogens is 248 g/mol. The summed E-state index contributed by atoms with van der Waals surface area (Å²) in [5.41, 5.74) is 0.833. The summed E-state index contributed by atoms with van der Waals surface area (Å²) in [6.45, 7) is 3.61. The molecule has 0 aliphatic carbocycles. The van der Waals surface area contributed by atoms with Gasteiger partial charge in [-0.15, -0.1) is 0 Å². The Bertz CT molecular complexity index is 452. The van der Waals surface area contributed by atoms with Crippen molar-refractivity contribution >= 4 is 5.69 Å². The van der Waals surface area contributed by atoms with Crippen LogP contribution in [0.5, 0.6) is 0 Å². The molecule has 6 nitrogen and oxygen atoms in total. The fourth-order valence-corrected chi connectivity index (χ4v) is 2.25. The average molecular weight is 266 g/mol. The minimum Gasteiger partial charge on any atom is -0.394 e. The average Bonchev–Trinajstić information content (AvgIpc) is 2.41. The van der Waals surface area contributed by atoms with Crippen molar-refractivity contribution in [2.24, 2.45) is 0 Å². The first-order valence-corrected chi connectivity index (χ1v) is 6.30. The molecule has 6 heteroatoms. The first-order valence-electron chi connectivity index (χ1n) is 6.30. The van der Waals surface area contributed by atoms with Gasteiger partial charge in [0.1, 0.15) is 0 Å². The first-order chi connectivity index (χ1) is 9.11. The molecule has 1 aliphatic heterocycles. The second kappa shape index (κ2) is 6.10. The van der Waals surface area contributed by atoms with E-state index in [4.69, 9.17) is 9.84 Å². The van der Waals surface area contributed by atoms with Crippen LogP contribution in [0.15, 0.2) is 24.3 Å². The lowest BCUT2D eigenvalue weighted by Crippen LogP contribution is -2.48. The molecule has 0 radical (unpaired) electrons. The summed E-state index contributed by atoms with van der Waals surface area (Å²) in [4.78, 5) is 12.7. The predicted molar refractivity (Wildman–Crippen MR) is 69.8 cm³/mol. The van der Waals surface area contributed by atoms with Crippen LogP contribution in [0.4, 0.5) is 5.69 Å². The van der Waals surface area contributed by atoms with Gasteiger partial charge in [-0.3, -0.25) is 15.0 Å². The zero-order valence-electron chi connectivity index (χ0n) is 10.9. The number of aliphatic hydroxyl groups is 1. The molecule has 1 fully saturated rings. The number of aliphatic hydroxyl groups excluding tert-OH is 1. The monoisotopic (exact) mass is 266 g/mol. The van der Waals surface area contributed by atoms with Crippen molar-refractivity contribution in [3.63, 3.8) is 0 Å². The van der Waals surface area contributed by atoms with Crippen molar-refractivity contribution in [2.45, 2.75) is 25.6 Å². The fraction of sp³-hybridized carbons (Fsp3) is 0.538. The van der Waals surface area contributed by atoms with Gasteiger partial charge in [0.2, 0.25) is 0 Å². The van der Waals surface area contributed by atoms with Gasteiger partial charge in [0.05, 0.1) is 24.2 Å². The van der Waals surface area contributed by atoms with Crippen molar-refractivity contribution < 1.29 is 14.8 Å². The molecule has 0 amide bonds. The maximum atomic E-state index is 11.0. The van der Waals surface area contributed by atoms with E-state index in [9.17, 15) is 10.1 Å². The lowest BCUT2D eigenvalue weighted by atomic mass is 10.1. The van der Waals surface area contributed by atoms with Crippen molar-refractivity contribution in [1.82, 2.24) is 4.90 Å². The number of nitro benzene ring substituents is 1. The Morgan fingerprint density at radius 2 is 2.26 bits per heavy atom. The molecule has 2 unspecified atom stereocenters. The molecule has 0 spiro atoms. The molecule has 1 aliphatic rings. The largest absolute Gasteiger partial charge is 0.394 e. The minimum absolute atomic E-state index is 0.0277. The van der Waals surface area contributed by atoms with Gasteiger partial charge in [0.25, 0.3) is 5.69 Å². The van der Waals surface area contributed by atoms with Crippen LogP contribution in [0.25, 0.3) is 0 Å². The second-order valence-electron chi connectivity index (χ2n) is 4.80. The molecule has 1 saturated heterocycles. The summed E-state index contributed by atoms with van der Waals surface area (Å²) < 4.78 is 5.46. The zero-order valence-corrected chi connectivity index (χ0v) is 10.9. The highest BCUT2D eigenvalue weighted by atomic mass is 16.6. The van der Waals surface area contributed by atoms with Crippen LogP contribution < -0.4 is 0 Å². The molecule has 1 N–H and O–H groups in total. The highest BCUT2D eigenvalue weighted by Crippen LogP contribution is 2.22. The SMILES string of the molecule is CC1COC(CO)CN1Cc1ccccc1[N+](=O)[O-]. The Morgan fingerprint density at radius 3 is 2.95 bits per heavy atom. The Hall–Kier alpha value is -1.50. The van der Waals surface area contributed by atoms with Gasteiger partial charge in [0.15, 0.2) is 0 Å². The molecule has 1 aromatic rings. The summed E-state index contributed by atoms with van der Waals surface area (Å²) in [5.74, 6) is 0. The van der Waals surface area contributed by atoms with Gasteiger partial charge in [-0.1, -0.05) is 18.2 Å². The third kappa shape index (κ3) is 3.28. The highest BCUT2D eigenvalue weighted by molar-refractivity contribution is 5.39. The van der Waals surface area contributed by atoms with Gasteiger partial charge in [-0.25, -0.2) is 0 Å². The number of nitro groups is 1. The molecule has 1 aromatic carbocycles. The predicted octanol–water partition coefficient (Wildman–Crippen LogP) is 1.18. The number of rotatable bonds is 4. The number of hydrogen-bond donors (Lipinski definition) is 1. The smallest absolute Gasteiger partial charge is 0.273 e. The summed E-state index contributed by atoms with van der Waals surface area (Å²) in [6, 6.07) is 6.94. The maximum Gasteiger partial charge on any atom is 0.273 e. The molecule has 0 bridgehead atoms. The number of nitrogens with zero attached hydrogens (tertiary/aromatic N) is 2. The number of para-hydroxylation sites is 1. The van der Waals surface area contributed by atoms with Crippen LogP contribution in [0.2, 0.25) is 0 Å². The number of morpholine rings is 1. The minimum atomic E-state index is -0.357. The van der Waals surface area contributed by atoms with Crippen LogP contribution in [-0.2, 0) is 11.3 Å². The van der Waals surface area contributed by atoms with Crippen LogP contribution in [0.1, 0.15) is 12.5 Å². The van der Waals surface area contributed by atoms with E-state index in [1.165, 1.54) is 6.07 Å². The van der Waals surface area contributed by atoms with Crippen LogP contribution in [0.3, 0.4) is 0 Å². The van der Waals surface area contributed by atoms with E-state index in [-0.39, 0.29) is 29.4 Å². The summed E-state index contributed by atoms with van der Waals surface area (Å²) in [5, 5.41) is 20.1. The molecule has 1 heterocycles. The molecule has 2 rings (SSSR count). The molecule has 104 valence electrons. The number of ether oxygens (including phenoxy) is 1. The van der Waals surface area contributed by atoms with Crippen LogP contribution >= 0.6 is 0 Å². The number of hydrogen-bond acceptors (Lipinski definition) is 5. The summed E-state index contributed by atoms with van der Waals surface area (Å²) in [7, 11) is 0. The Labute approximate surface area is 111 Å². The van der Waals surface area contributed by atoms with E-state index in [0.717, 1.165) is 0 Å².